The van der Waals surface area contributed by atoms with Gasteiger partial charge in [-0.25, -0.2) is 0 Å². The van der Waals surface area contributed by atoms with Crippen LogP contribution in [0.4, 0.5) is 0 Å². The zero-order valence-electron chi connectivity index (χ0n) is 13.3. The molecule has 1 fully saturated rings. The Labute approximate surface area is 129 Å². The van der Waals surface area contributed by atoms with E-state index in [1.807, 2.05) is 12.1 Å². The van der Waals surface area contributed by atoms with Crippen molar-refractivity contribution in [1.82, 2.24) is 10.2 Å². The molecule has 1 aromatic rings. The number of nitrogens with zero attached hydrogens (tertiary/aromatic N) is 2. The summed E-state index contributed by atoms with van der Waals surface area (Å²) in [7, 11) is 0. The van der Waals surface area contributed by atoms with Crippen molar-refractivity contribution in [3.63, 3.8) is 0 Å². The van der Waals surface area contributed by atoms with E-state index >= 15 is 0 Å². The van der Waals surface area contributed by atoms with Gasteiger partial charge in [-0.2, -0.15) is 5.26 Å². The van der Waals surface area contributed by atoms with Crippen LogP contribution in [0.3, 0.4) is 0 Å². The molecule has 0 atom stereocenters. The summed E-state index contributed by atoms with van der Waals surface area (Å²) < 4.78 is 0. The van der Waals surface area contributed by atoms with Gasteiger partial charge < -0.3 is 5.32 Å². The summed E-state index contributed by atoms with van der Waals surface area (Å²) >= 11 is 0. The average Bonchev–Trinajstić information content (AvgIpc) is 2.49. The van der Waals surface area contributed by atoms with Crippen LogP contribution in [0.1, 0.15) is 37.8 Å². The predicted octanol–water partition coefficient (Wildman–Crippen LogP) is 3.02. The number of nitriles is 1. The van der Waals surface area contributed by atoms with E-state index < -0.39 is 0 Å². The maximum Gasteiger partial charge on any atom is 0.0991 e. The maximum absolute atomic E-state index is 8.82. The summed E-state index contributed by atoms with van der Waals surface area (Å²) in [5.74, 6) is 1.57. The molecule has 0 bridgehead atoms. The van der Waals surface area contributed by atoms with E-state index in [2.05, 4.69) is 42.3 Å². The predicted molar refractivity (Wildman–Crippen MR) is 86.9 cm³/mol. The molecule has 0 amide bonds. The van der Waals surface area contributed by atoms with Crippen LogP contribution in [0.2, 0.25) is 0 Å². The second kappa shape index (κ2) is 8.17. The van der Waals surface area contributed by atoms with Crippen molar-refractivity contribution >= 4 is 0 Å². The molecule has 114 valence electrons. The van der Waals surface area contributed by atoms with Crippen LogP contribution in [-0.4, -0.2) is 31.1 Å². The Bertz CT molecular complexity index is 450. The van der Waals surface area contributed by atoms with E-state index in [-0.39, 0.29) is 0 Å². The van der Waals surface area contributed by atoms with E-state index in [4.69, 9.17) is 5.26 Å². The standard InChI is InChI=1S/C18H27N3/c1-15(2)12-20-13-17-7-9-21(10-8-17)14-18-5-3-16(11-19)4-6-18/h3-6,15,17,20H,7-10,12-14H2,1-2H3. The van der Waals surface area contributed by atoms with E-state index in [0.29, 0.717) is 0 Å². The summed E-state index contributed by atoms with van der Waals surface area (Å²) in [6, 6.07) is 10.2. The molecular weight excluding hydrogens is 258 g/mol. The van der Waals surface area contributed by atoms with Crippen molar-refractivity contribution in [2.45, 2.75) is 33.2 Å². The van der Waals surface area contributed by atoms with Crippen molar-refractivity contribution in [3.8, 4) is 6.07 Å². The number of hydrogen-bond acceptors (Lipinski definition) is 3. The molecule has 0 radical (unpaired) electrons. The number of hydrogen-bond donors (Lipinski definition) is 1. The smallest absolute Gasteiger partial charge is 0.0991 e. The minimum atomic E-state index is 0.737. The Morgan fingerprint density at radius 3 is 2.48 bits per heavy atom. The average molecular weight is 285 g/mol. The highest BCUT2D eigenvalue weighted by Gasteiger charge is 2.18. The fourth-order valence-electron chi connectivity index (χ4n) is 2.87. The molecule has 1 saturated heterocycles. The normalized spacial score (nSPS) is 17.0. The topological polar surface area (TPSA) is 39.1 Å². The minimum absolute atomic E-state index is 0.737. The number of rotatable bonds is 6. The van der Waals surface area contributed by atoms with Gasteiger partial charge in [-0.1, -0.05) is 26.0 Å². The van der Waals surface area contributed by atoms with Gasteiger partial charge in [0.15, 0.2) is 0 Å². The van der Waals surface area contributed by atoms with Crippen LogP contribution < -0.4 is 5.32 Å². The molecule has 1 heterocycles. The molecule has 0 aromatic heterocycles. The second-order valence-electron chi connectivity index (χ2n) is 6.58. The number of piperidine rings is 1. The Morgan fingerprint density at radius 2 is 1.90 bits per heavy atom. The SMILES string of the molecule is CC(C)CNCC1CCN(Cc2ccc(C#N)cc2)CC1. The van der Waals surface area contributed by atoms with Crippen LogP contribution in [0.15, 0.2) is 24.3 Å². The fourth-order valence-corrected chi connectivity index (χ4v) is 2.87. The molecule has 1 N–H and O–H groups in total. The lowest BCUT2D eigenvalue weighted by Gasteiger charge is -2.32. The Morgan fingerprint density at radius 1 is 1.24 bits per heavy atom. The van der Waals surface area contributed by atoms with Gasteiger partial charge in [-0.05, 0) is 68.6 Å². The van der Waals surface area contributed by atoms with Gasteiger partial charge in [0.25, 0.3) is 0 Å². The first-order valence-corrected chi connectivity index (χ1v) is 8.09. The largest absolute Gasteiger partial charge is 0.316 e. The second-order valence-corrected chi connectivity index (χ2v) is 6.58. The third-order valence-electron chi connectivity index (χ3n) is 4.18. The molecule has 0 aliphatic carbocycles. The molecule has 0 unspecified atom stereocenters. The lowest BCUT2D eigenvalue weighted by atomic mass is 9.96. The Kier molecular flexibility index (Phi) is 6.22. The van der Waals surface area contributed by atoms with Gasteiger partial charge in [-0.15, -0.1) is 0 Å². The van der Waals surface area contributed by atoms with Crippen molar-refractivity contribution in [1.29, 1.82) is 5.26 Å². The third kappa shape index (κ3) is 5.49. The van der Waals surface area contributed by atoms with Crippen LogP contribution in [-0.2, 0) is 6.54 Å². The molecule has 2 rings (SSSR count). The molecule has 1 aliphatic heterocycles. The van der Waals surface area contributed by atoms with Gasteiger partial charge in [0.05, 0.1) is 11.6 Å². The monoisotopic (exact) mass is 285 g/mol. The fraction of sp³-hybridized carbons (Fsp3) is 0.611. The van der Waals surface area contributed by atoms with Crippen LogP contribution in [0, 0.1) is 23.2 Å². The maximum atomic E-state index is 8.82. The van der Waals surface area contributed by atoms with Crippen molar-refractivity contribution < 1.29 is 0 Å². The highest BCUT2D eigenvalue weighted by Crippen LogP contribution is 2.18. The summed E-state index contributed by atoms with van der Waals surface area (Å²) in [6.45, 7) is 10.2. The first-order chi connectivity index (χ1) is 10.2. The third-order valence-corrected chi connectivity index (χ3v) is 4.18. The van der Waals surface area contributed by atoms with E-state index in [9.17, 15) is 0 Å². The first-order valence-electron chi connectivity index (χ1n) is 8.09. The Hall–Kier alpha value is -1.37. The van der Waals surface area contributed by atoms with Crippen molar-refractivity contribution in [2.75, 3.05) is 26.2 Å². The summed E-state index contributed by atoms with van der Waals surface area (Å²) in [6.07, 6.45) is 2.59. The zero-order chi connectivity index (χ0) is 15.1. The molecule has 1 aromatic carbocycles. The van der Waals surface area contributed by atoms with Gasteiger partial charge >= 0.3 is 0 Å². The molecule has 0 saturated carbocycles. The van der Waals surface area contributed by atoms with Crippen LogP contribution in [0.25, 0.3) is 0 Å². The number of benzene rings is 1. The summed E-state index contributed by atoms with van der Waals surface area (Å²) in [5.41, 5.74) is 2.05. The zero-order valence-corrected chi connectivity index (χ0v) is 13.3. The van der Waals surface area contributed by atoms with E-state index in [1.165, 1.54) is 38.0 Å². The van der Waals surface area contributed by atoms with Gasteiger partial charge in [0.1, 0.15) is 0 Å². The van der Waals surface area contributed by atoms with Gasteiger partial charge in [-0.3, -0.25) is 4.90 Å². The summed E-state index contributed by atoms with van der Waals surface area (Å²) in [4.78, 5) is 2.53. The summed E-state index contributed by atoms with van der Waals surface area (Å²) in [5, 5.41) is 12.4. The molecule has 1 aliphatic rings. The lowest BCUT2D eigenvalue weighted by molar-refractivity contribution is 0.175. The van der Waals surface area contributed by atoms with Gasteiger partial charge in [0, 0.05) is 6.54 Å². The molecular formula is C18H27N3. The molecule has 0 spiro atoms. The highest BCUT2D eigenvalue weighted by molar-refractivity contribution is 5.31. The highest BCUT2D eigenvalue weighted by atomic mass is 15.1. The van der Waals surface area contributed by atoms with Crippen LogP contribution >= 0.6 is 0 Å². The Balaban J connectivity index is 1.70. The van der Waals surface area contributed by atoms with Crippen molar-refractivity contribution in [2.24, 2.45) is 11.8 Å². The van der Waals surface area contributed by atoms with E-state index in [0.717, 1.165) is 30.5 Å². The number of nitrogens with one attached hydrogen (secondary N) is 1. The number of likely N-dealkylation sites (tertiary alicyclic amines) is 1. The van der Waals surface area contributed by atoms with Gasteiger partial charge in [0.2, 0.25) is 0 Å². The first kappa shape index (κ1) is 16.0. The van der Waals surface area contributed by atoms with Crippen LogP contribution in [0.5, 0.6) is 0 Å². The molecule has 21 heavy (non-hydrogen) atoms. The quantitative estimate of drug-likeness (QED) is 0.873. The molecule has 3 heteroatoms. The molecule has 3 nitrogen and oxygen atoms in total. The lowest BCUT2D eigenvalue weighted by Crippen LogP contribution is -2.37. The minimum Gasteiger partial charge on any atom is -0.316 e. The van der Waals surface area contributed by atoms with E-state index in [1.54, 1.807) is 0 Å². The van der Waals surface area contributed by atoms with Crippen molar-refractivity contribution in [3.05, 3.63) is 35.4 Å².